The maximum absolute atomic E-state index is 12.3. The first kappa shape index (κ1) is 23.0. The quantitative estimate of drug-likeness (QED) is 0.336. The summed E-state index contributed by atoms with van der Waals surface area (Å²) in [5.74, 6) is 0.993. The van der Waals surface area contributed by atoms with Crippen LogP contribution in [0.2, 0.25) is 0 Å². The van der Waals surface area contributed by atoms with Crippen LogP contribution in [0.25, 0.3) is 6.08 Å². The number of aliphatic imine (C=N–C) groups is 2. The molecule has 0 aliphatic carbocycles. The van der Waals surface area contributed by atoms with Gasteiger partial charge in [0.25, 0.3) is 0 Å². The molecular weight excluding hydrogens is 406 g/mol. The number of hydrogen-bond donors (Lipinski definition) is 2. The number of hydrogen-bond acceptors (Lipinski definition) is 8. The van der Waals surface area contributed by atoms with Gasteiger partial charge in [0, 0.05) is 5.56 Å². The lowest BCUT2D eigenvalue weighted by atomic mass is 10.1. The van der Waals surface area contributed by atoms with Crippen LogP contribution >= 0.6 is 0 Å². The van der Waals surface area contributed by atoms with Crippen LogP contribution in [0.1, 0.15) is 42.6 Å². The molecule has 1 heterocycles. The fourth-order valence-electron chi connectivity index (χ4n) is 3.12. The van der Waals surface area contributed by atoms with Gasteiger partial charge in [-0.25, -0.2) is 4.99 Å². The summed E-state index contributed by atoms with van der Waals surface area (Å²) in [6, 6.07) is 16.8. The Morgan fingerprint density at radius 2 is 1.72 bits per heavy atom. The van der Waals surface area contributed by atoms with Gasteiger partial charge in [-0.1, -0.05) is 36.4 Å². The van der Waals surface area contributed by atoms with Crippen molar-refractivity contribution in [2.45, 2.75) is 32.4 Å². The number of unbranched alkanes of at least 4 members (excludes halogenated alkanes) is 1. The van der Waals surface area contributed by atoms with Crippen LogP contribution in [0.3, 0.4) is 0 Å². The van der Waals surface area contributed by atoms with Gasteiger partial charge in [0.2, 0.25) is 11.9 Å². The lowest BCUT2D eigenvalue weighted by Crippen LogP contribution is -2.53. The van der Waals surface area contributed by atoms with Crippen LogP contribution in [-0.2, 0) is 4.84 Å². The van der Waals surface area contributed by atoms with E-state index in [0.717, 1.165) is 18.4 Å². The Kier molecular flexibility index (Phi) is 7.62. The van der Waals surface area contributed by atoms with E-state index in [0.29, 0.717) is 24.5 Å². The van der Waals surface area contributed by atoms with Crippen molar-refractivity contribution in [2.24, 2.45) is 21.5 Å². The molecular formula is C24H29N5O3. The number of hydroxylamine groups is 2. The van der Waals surface area contributed by atoms with Gasteiger partial charge in [-0.15, -0.1) is 0 Å². The standard InChI is InChI=1S/C24H29N5O3/c1-24(2)28-22(25)27-23(26)29(24)32-17-7-6-16-31-20-13-11-19(12-14-20)21(30)15-10-18-8-4-3-5-9-18/h3-5,8-15H,6-7,16-17H2,1-2H3,(H4,25,26,27,28)/b15-10+. The molecule has 1 aliphatic heterocycles. The third-order valence-corrected chi connectivity index (χ3v) is 4.72. The predicted octanol–water partition coefficient (Wildman–Crippen LogP) is 3.35. The van der Waals surface area contributed by atoms with Crippen LogP contribution in [-0.4, -0.2) is 41.6 Å². The number of benzene rings is 2. The molecule has 2 aromatic rings. The van der Waals surface area contributed by atoms with E-state index in [1.165, 1.54) is 5.06 Å². The largest absolute Gasteiger partial charge is 0.494 e. The van der Waals surface area contributed by atoms with Crippen molar-refractivity contribution >= 4 is 23.8 Å². The average Bonchev–Trinajstić information content (AvgIpc) is 2.76. The number of allylic oxidation sites excluding steroid dienone is 1. The third-order valence-electron chi connectivity index (χ3n) is 4.72. The van der Waals surface area contributed by atoms with Crippen LogP contribution in [0.15, 0.2) is 70.7 Å². The lowest BCUT2D eigenvalue weighted by Gasteiger charge is -2.36. The summed E-state index contributed by atoms with van der Waals surface area (Å²) in [6.07, 6.45) is 4.93. The van der Waals surface area contributed by atoms with Crippen LogP contribution in [0.4, 0.5) is 0 Å². The first-order valence-corrected chi connectivity index (χ1v) is 10.5. The smallest absolute Gasteiger partial charge is 0.226 e. The van der Waals surface area contributed by atoms with Gasteiger partial charge in [-0.05, 0) is 62.6 Å². The molecule has 0 radical (unpaired) electrons. The van der Waals surface area contributed by atoms with Crippen molar-refractivity contribution in [2.75, 3.05) is 13.2 Å². The van der Waals surface area contributed by atoms with Gasteiger partial charge in [0.1, 0.15) is 5.75 Å². The zero-order valence-corrected chi connectivity index (χ0v) is 18.4. The van der Waals surface area contributed by atoms with E-state index in [-0.39, 0.29) is 17.7 Å². The number of ether oxygens (including phenoxy) is 1. The molecule has 3 rings (SSSR count). The lowest BCUT2D eigenvalue weighted by molar-refractivity contribution is -0.157. The zero-order valence-electron chi connectivity index (χ0n) is 18.4. The molecule has 8 heteroatoms. The fourth-order valence-corrected chi connectivity index (χ4v) is 3.12. The molecule has 8 nitrogen and oxygen atoms in total. The molecule has 4 N–H and O–H groups in total. The van der Waals surface area contributed by atoms with Crippen LogP contribution < -0.4 is 16.2 Å². The Balaban J connectivity index is 1.37. The number of rotatable bonds is 10. The minimum atomic E-state index is -0.706. The van der Waals surface area contributed by atoms with E-state index in [1.807, 2.05) is 44.2 Å². The summed E-state index contributed by atoms with van der Waals surface area (Å²) >= 11 is 0. The SMILES string of the molecule is CC1(C)N=C(N)N=C(N)N1OCCCCOc1ccc(C(=O)/C=C/c2ccccc2)cc1. The van der Waals surface area contributed by atoms with E-state index in [1.54, 1.807) is 36.4 Å². The third kappa shape index (κ3) is 6.42. The summed E-state index contributed by atoms with van der Waals surface area (Å²) < 4.78 is 5.75. The molecule has 0 spiro atoms. The van der Waals surface area contributed by atoms with Crippen LogP contribution in [0.5, 0.6) is 5.75 Å². The number of ketones is 1. The number of nitrogens with two attached hydrogens (primary N) is 2. The molecule has 168 valence electrons. The second-order valence-electron chi connectivity index (χ2n) is 7.75. The Labute approximate surface area is 188 Å². The maximum Gasteiger partial charge on any atom is 0.226 e. The molecule has 1 aliphatic rings. The summed E-state index contributed by atoms with van der Waals surface area (Å²) in [7, 11) is 0. The topological polar surface area (TPSA) is 116 Å². The van der Waals surface area contributed by atoms with Gasteiger partial charge >= 0.3 is 0 Å². The minimum Gasteiger partial charge on any atom is -0.494 e. The highest BCUT2D eigenvalue weighted by molar-refractivity contribution is 6.06. The molecule has 0 saturated carbocycles. The fraction of sp³-hybridized carbons (Fsp3) is 0.292. The van der Waals surface area contributed by atoms with E-state index in [4.69, 9.17) is 21.0 Å². The van der Waals surface area contributed by atoms with Gasteiger partial charge in [0.05, 0.1) is 13.2 Å². The number of carbonyl (C=O) groups excluding carboxylic acids is 1. The van der Waals surface area contributed by atoms with E-state index >= 15 is 0 Å². The van der Waals surface area contributed by atoms with Crippen molar-refractivity contribution < 1.29 is 14.4 Å². The monoisotopic (exact) mass is 435 g/mol. The van der Waals surface area contributed by atoms with Crippen LogP contribution in [0, 0.1) is 0 Å². The molecule has 0 aromatic heterocycles. The highest BCUT2D eigenvalue weighted by atomic mass is 16.7. The normalized spacial score (nSPS) is 15.4. The van der Waals surface area contributed by atoms with E-state index in [2.05, 4.69) is 9.98 Å². The second-order valence-corrected chi connectivity index (χ2v) is 7.75. The summed E-state index contributed by atoms with van der Waals surface area (Å²) in [5.41, 5.74) is 12.4. The molecule has 32 heavy (non-hydrogen) atoms. The first-order chi connectivity index (χ1) is 15.3. The maximum atomic E-state index is 12.3. The molecule has 2 aromatic carbocycles. The average molecular weight is 436 g/mol. The van der Waals surface area contributed by atoms with Crippen molar-refractivity contribution in [3.05, 3.63) is 71.8 Å². The highest BCUT2D eigenvalue weighted by Crippen LogP contribution is 2.20. The van der Waals surface area contributed by atoms with Crippen molar-refractivity contribution in [1.82, 2.24) is 5.06 Å². The first-order valence-electron chi connectivity index (χ1n) is 10.5. The Bertz CT molecular complexity index is 998. The zero-order chi connectivity index (χ0) is 23.0. The van der Waals surface area contributed by atoms with Gasteiger partial charge in [0.15, 0.2) is 11.4 Å². The van der Waals surface area contributed by atoms with Gasteiger partial charge < -0.3 is 16.2 Å². The van der Waals surface area contributed by atoms with Gasteiger partial charge in [-0.3, -0.25) is 9.63 Å². The van der Waals surface area contributed by atoms with Crippen molar-refractivity contribution in [3.63, 3.8) is 0 Å². The highest BCUT2D eigenvalue weighted by Gasteiger charge is 2.32. The predicted molar refractivity (Wildman–Crippen MR) is 126 cm³/mol. The molecule has 0 saturated heterocycles. The Hall–Kier alpha value is -3.65. The summed E-state index contributed by atoms with van der Waals surface area (Å²) in [4.78, 5) is 26.2. The Morgan fingerprint density at radius 1 is 1.03 bits per heavy atom. The van der Waals surface area contributed by atoms with E-state index in [9.17, 15) is 4.79 Å². The molecule has 0 amide bonds. The Morgan fingerprint density at radius 3 is 2.41 bits per heavy atom. The molecule has 0 atom stereocenters. The minimum absolute atomic E-state index is 0.0490. The molecule has 0 unspecified atom stereocenters. The summed E-state index contributed by atoms with van der Waals surface area (Å²) in [5, 5.41) is 1.46. The van der Waals surface area contributed by atoms with Crippen molar-refractivity contribution in [1.29, 1.82) is 0 Å². The number of guanidine groups is 2. The molecule has 0 bridgehead atoms. The molecule has 0 fully saturated rings. The summed E-state index contributed by atoms with van der Waals surface area (Å²) in [6.45, 7) is 4.66. The second kappa shape index (κ2) is 10.6. The number of carbonyl (C=O) groups is 1. The van der Waals surface area contributed by atoms with E-state index < -0.39 is 5.66 Å². The van der Waals surface area contributed by atoms with Crippen molar-refractivity contribution in [3.8, 4) is 5.75 Å². The number of nitrogens with zero attached hydrogens (tertiary/aromatic N) is 3. The van der Waals surface area contributed by atoms with Gasteiger partial charge in [-0.2, -0.15) is 10.1 Å².